The van der Waals surface area contributed by atoms with Gasteiger partial charge < -0.3 is 19.5 Å². The number of nitrogens with one attached hydrogen (secondary N) is 1. The molecule has 3 aromatic carbocycles. The lowest BCUT2D eigenvalue weighted by molar-refractivity contribution is 0.0920. The Morgan fingerprint density at radius 2 is 1.71 bits per heavy atom. The second kappa shape index (κ2) is 12.2. The predicted octanol–water partition coefficient (Wildman–Crippen LogP) is 5.60. The van der Waals surface area contributed by atoms with E-state index in [4.69, 9.17) is 14.2 Å². The number of carbonyl (C=O) groups is 1. The third-order valence-electron chi connectivity index (χ3n) is 5.35. The van der Waals surface area contributed by atoms with Gasteiger partial charge in [-0.25, -0.2) is 13.4 Å². The van der Waals surface area contributed by atoms with E-state index in [1.807, 2.05) is 37.3 Å². The number of nitrogens with zero attached hydrogens (tertiary/aromatic N) is 1. The van der Waals surface area contributed by atoms with Gasteiger partial charge in [0.25, 0.3) is 5.91 Å². The van der Waals surface area contributed by atoms with E-state index in [0.29, 0.717) is 41.7 Å². The summed E-state index contributed by atoms with van der Waals surface area (Å²) in [6.45, 7) is 2.24. The van der Waals surface area contributed by atoms with E-state index in [2.05, 4.69) is 10.3 Å². The van der Waals surface area contributed by atoms with E-state index in [-0.39, 0.29) is 16.9 Å². The van der Waals surface area contributed by atoms with Crippen molar-refractivity contribution in [3.8, 4) is 17.2 Å². The van der Waals surface area contributed by atoms with Crippen molar-refractivity contribution in [1.29, 1.82) is 0 Å². The predicted molar refractivity (Wildman–Crippen MR) is 147 cm³/mol. The molecule has 0 bridgehead atoms. The molecule has 0 aliphatic rings. The quantitative estimate of drug-likeness (QED) is 0.258. The van der Waals surface area contributed by atoms with Crippen LogP contribution in [0.4, 0.5) is 5.69 Å². The molecular weight excluding hydrogens is 524 g/mol. The Kier molecular flexibility index (Phi) is 8.77. The highest BCUT2D eigenvalue weighted by Crippen LogP contribution is 2.31. The first-order valence-electron chi connectivity index (χ1n) is 11.8. The highest BCUT2D eigenvalue weighted by molar-refractivity contribution is 7.90. The second-order valence-electron chi connectivity index (χ2n) is 8.67. The molecule has 1 heterocycles. The van der Waals surface area contributed by atoms with Crippen LogP contribution in [0.3, 0.4) is 0 Å². The van der Waals surface area contributed by atoms with Gasteiger partial charge in [0.1, 0.15) is 29.0 Å². The highest BCUT2D eigenvalue weighted by Gasteiger charge is 2.15. The van der Waals surface area contributed by atoms with Crippen molar-refractivity contribution < 1.29 is 27.4 Å². The minimum atomic E-state index is -3.32. The summed E-state index contributed by atoms with van der Waals surface area (Å²) in [5.74, 6) is 0.948. The van der Waals surface area contributed by atoms with Crippen LogP contribution in [0, 0.1) is 0 Å². The third kappa shape index (κ3) is 7.64. The molecule has 8 nitrogen and oxygen atoms in total. The number of aromatic nitrogens is 1. The van der Waals surface area contributed by atoms with Crippen LogP contribution in [0.2, 0.25) is 0 Å². The number of anilines is 1. The van der Waals surface area contributed by atoms with Crippen LogP contribution >= 0.6 is 11.3 Å². The van der Waals surface area contributed by atoms with E-state index < -0.39 is 9.84 Å². The van der Waals surface area contributed by atoms with Crippen LogP contribution in [-0.2, 0) is 21.0 Å². The van der Waals surface area contributed by atoms with Gasteiger partial charge in [-0.3, -0.25) is 4.79 Å². The summed E-state index contributed by atoms with van der Waals surface area (Å²) in [6.07, 6.45) is 1.55. The molecule has 1 atom stereocenters. The summed E-state index contributed by atoms with van der Waals surface area (Å²) in [5, 5.41) is 5.44. The number of amides is 1. The molecule has 0 aliphatic heterocycles. The Balaban J connectivity index is 1.53. The summed E-state index contributed by atoms with van der Waals surface area (Å²) in [5.41, 5.74) is 1.89. The standard InChI is InChI=1S/C28H28N2O6S2/c1-19(17-34-2)35-23-14-21(15-24(16-23)36-22-9-11-25(12-10-22)38(3,32)33)29-28(31)26-18-37-27(30-26)13-20-7-5-4-6-8-20/h4-12,14-16,18-19H,13,17H2,1-3H3,(H,29,31)/t19-/m0/s1. The molecule has 0 fully saturated rings. The smallest absolute Gasteiger partial charge is 0.275 e. The largest absolute Gasteiger partial charge is 0.488 e. The Bertz CT molecular complexity index is 1490. The fraction of sp³-hybridized carbons (Fsp3) is 0.214. The van der Waals surface area contributed by atoms with Crippen LogP contribution in [0.5, 0.6) is 17.2 Å². The van der Waals surface area contributed by atoms with Gasteiger partial charge in [0.2, 0.25) is 0 Å². The molecule has 1 N–H and O–H groups in total. The van der Waals surface area contributed by atoms with Crippen LogP contribution in [0.1, 0.15) is 28.0 Å². The van der Waals surface area contributed by atoms with Crippen LogP contribution < -0.4 is 14.8 Å². The van der Waals surface area contributed by atoms with E-state index >= 15 is 0 Å². The number of rotatable bonds is 11. The maximum absolute atomic E-state index is 13.0. The zero-order chi connectivity index (χ0) is 27.1. The summed E-state index contributed by atoms with van der Waals surface area (Å²) in [6, 6.07) is 21.1. The van der Waals surface area contributed by atoms with Crippen molar-refractivity contribution in [3.63, 3.8) is 0 Å². The summed E-state index contributed by atoms with van der Waals surface area (Å²) in [7, 11) is -1.73. The number of thiazole rings is 1. The fourth-order valence-corrected chi connectivity index (χ4v) is 5.06. The average molecular weight is 553 g/mol. The van der Waals surface area contributed by atoms with Crippen molar-refractivity contribution in [2.24, 2.45) is 0 Å². The summed E-state index contributed by atoms with van der Waals surface area (Å²) in [4.78, 5) is 17.7. The molecule has 0 spiro atoms. The maximum atomic E-state index is 13.0. The Morgan fingerprint density at radius 3 is 2.39 bits per heavy atom. The minimum Gasteiger partial charge on any atom is -0.488 e. The number of carbonyl (C=O) groups excluding carboxylic acids is 1. The van der Waals surface area contributed by atoms with Crippen molar-refractivity contribution in [2.45, 2.75) is 24.3 Å². The summed E-state index contributed by atoms with van der Waals surface area (Å²) >= 11 is 1.43. The molecule has 4 aromatic rings. The van der Waals surface area contributed by atoms with Crippen LogP contribution in [0.15, 0.2) is 83.1 Å². The van der Waals surface area contributed by atoms with Crippen molar-refractivity contribution in [3.05, 3.63) is 94.4 Å². The zero-order valence-electron chi connectivity index (χ0n) is 21.2. The molecule has 0 unspecified atom stereocenters. The maximum Gasteiger partial charge on any atom is 0.275 e. The first-order chi connectivity index (χ1) is 18.2. The monoisotopic (exact) mass is 552 g/mol. The number of hydrogen-bond acceptors (Lipinski definition) is 8. The van der Waals surface area contributed by atoms with Gasteiger partial charge >= 0.3 is 0 Å². The summed E-state index contributed by atoms with van der Waals surface area (Å²) < 4.78 is 40.6. The zero-order valence-corrected chi connectivity index (χ0v) is 22.8. The van der Waals surface area contributed by atoms with E-state index in [1.165, 1.54) is 23.5 Å². The molecule has 0 saturated carbocycles. The molecule has 4 rings (SSSR count). The van der Waals surface area contributed by atoms with Crippen LogP contribution in [0.25, 0.3) is 0 Å². The molecule has 1 aromatic heterocycles. The normalized spacial score (nSPS) is 12.1. The minimum absolute atomic E-state index is 0.193. The lowest BCUT2D eigenvalue weighted by Gasteiger charge is -2.16. The van der Waals surface area contributed by atoms with Gasteiger partial charge in [0.15, 0.2) is 9.84 Å². The third-order valence-corrected chi connectivity index (χ3v) is 7.32. The molecule has 38 heavy (non-hydrogen) atoms. The number of methoxy groups -OCH3 is 1. The van der Waals surface area contributed by atoms with Crippen LogP contribution in [-0.4, -0.2) is 45.4 Å². The molecule has 1 amide bonds. The molecule has 0 aliphatic carbocycles. The molecule has 0 saturated heterocycles. The Labute approximate surface area is 226 Å². The molecular formula is C28H28N2O6S2. The lowest BCUT2D eigenvalue weighted by Crippen LogP contribution is -2.18. The van der Waals surface area contributed by atoms with Gasteiger partial charge in [0, 0.05) is 49.1 Å². The molecule has 0 radical (unpaired) electrons. The van der Waals surface area contributed by atoms with Gasteiger partial charge in [-0.05, 0) is 36.8 Å². The second-order valence-corrected chi connectivity index (χ2v) is 11.6. The van der Waals surface area contributed by atoms with Gasteiger partial charge in [-0.1, -0.05) is 30.3 Å². The van der Waals surface area contributed by atoms with Gasteiger partial charge in [-0.15, -0.1) is 11.3 Å². The Morgan fingerprint density at radius 1 is 1.00 bits per heavy atom. The van der Waals surface area contributed by atoms with E-state index in [1.54, 1.807) is 42.8 Å². The van der Waals surface area contributed by atoms with Gasteiger partial charge in [0.05, 0.1) is 16.5 Å². The number of hydrogen-bond donors (Lipinski definition) is 1. The fourth-order valence-electron chi connectivity index (χ4n) is 3.62. The molecule has 10 heteroatoms. The SMILES string of the molecule is COC[C@H](C)Oc1cc(NC(=O)c2csc(Cc3ccccc3)n2)cc(Oc2ccc(S(C)(=O)=O)cc2)c1. The first-order valence-corrected chi connectivity index (χ1v) is 14.5. The first kappa shape index (κ1) is 27.3. The van der Waals surface area contributed by atoms with Gasteiger partial charge in [-0.2, -0.15) is 0 Å². The highest BCUT2D eigenvalue weighted by atomic mass is 32.2. The van der Waals surface area contributed by atoms with E-state index in [0.717, 1.165) is 16.8 Å². The molecule has 198 valence electrons. The Hall–Kier alpha value is -3.73. The number of benzene rings is 3. The lowest BCUT2D eigenvalue weighted by atomic mass is 10.2. The van der Waals surface area contributed by atoms with Crippen molar-refractivity contribution in [2.75, 3.05) is 25.3 Å². The van der Waals surface area contributed by atoms with E-state index in [9.17, 15) is 13.2 Å². The van der Waals surface area contributed by atoms with Crippen molar-refractivity contribution >= 4 is 32.8 Å². The number of sulfone groups is 1. The topological polar surface area (TPSA) is 104 Å². The number of ether oxygens (including phenoxy) is 3. The van der Waals surface area contributed by atoms with Crippen molar-refractivity contribution in [1.82, 2.24) is 4.98 Å². The average Bonchev–Trinajstić information content (AvgIpc) is 3.33.